The summed E-state index contributed by atoms with van der Waals surface area (Å²) < 4.78 is 15.7. The largest absolute Gasteiger partial charge is 0.493 e. The van der Waals surface area contributed by atoms with Crippen LogP contribution in [-0.4, -0.2) is 44.1 Å². The fraction of sp³-hybridized carbons (Fsp3) is 0.348. The lowest BCUT2D eigenvalue weighted by Gasteiger charge is -2.41. The van der Waals surface area contributed by atoms with Crippen molar-refractivity contribution >= 4 is 29.2 Å². The van der Waals surface area contributed by atoms with E-state index in [4.69, 9.17) is 14.2 Å². The number of para-hydroxylation sites is 2. The number of esters is 1. The molecule has 0 aliphatic carbocycles. The number of aryl methyl sites for hydroxylation is 1. The van der Waals surface area contributed by atoms with E-state index in [0.717, 1.165) is 5.56 Å². The van der Waals surface area contributed by atoms with Crippen molar-refractivity contribution in [1.29, 1.82) is 0 Å². The molecule has 0 atom stereocenters. The van der Waals surface area contributed by atoms with E-state index in [1.165, 1.54) is 4.90 Å². The summed E-state index contributed by atoms with van der Waals surface area (Å²) in [6.07, 6.45) is 0.525. The topological polar surface area (TPSA) is 94.2 Å². The van der Waals surface area contributed by atoms with Gasteiger partial charge in [-0.3, -0.25) is 19.3 Å². The molecule has 1 aliphatic rings. The van der Waals surface area contributed by atoms with Gasteiger partial charge in [0.2, 0.25) is 5.91 Å². The highest BCUT2D eigenvalue weighted by molar-refractivity contribution is 6.14. The Balaban J connectivity index is 1.61. The maximum absolute atomic E-state index is 12.9. The number of carbonyl (C=O) groups is 3. The third-order valence-corrected chi connectivity index (χ3v) is 5.18. The number of hydrogen-bond acceptors (Lipinski definition) is 6. The van der Waals surface area contributed by atoms with Crippen molar-refractivity contribution in [3.63, 3.8) is 0 Å². The standard InChI is InChI=1S/C23H26N2O6/c1-23(2)22(28)24-16-7-5-6-8-17(16)25(23)20(26)14-31-21(27)12-10-15-9-11-18(29-3)19(13-15)30-4/h5-9,11,13H,10,12,14H2,1-4H3,(H,24,28). The van der Waals surface area contributed by atoms with Crippen LogP contribution in [0.3, 0.4) is 0 Å². The molecule has 31 heavy (non-hydrogen) atoms. The zero-order chi connectivity index (χ0) is 22.6. The molecule has 0 radical (unpaired) electrons. The van der Waals surface area contributed by atoms with Crippen LogP contribution in [0.15, 0.2) is 42.5 Å². The van der Waals surface area contributed by atoms with Gasteiger partial charge in [0.25, 0.3) is 5.91 Å². The molecule has 164 valence electrons. The maximum atomic E-state index is 12.9. The van der Waals surface area contributed by atoms with Crippen molar-refractivity contribution in [2.75, 3.05) is 31.0 Å². The second kappa shape index (κ2) is 9.07. The third-order valence-electron chi connectivity index (χ3n) is 5.18. The highest BCUT2D eigenvalue weighted by atomic mass is 16.5. The van der Waals surface area contributed by atoms with Gasteiger partial charge < -0.3 is 19.5 Å². The number of benzene rings is 2. The Hall–Kier alpha value is -3.55. The summed E-state index contributed by atoms with van der Waals surface area (Å²) in [7, 11) is 3.10. The fourth-order valence-electron chi connectivity index (χ4n) is 3.46. The van der Waals surface area contributed by atoms with Crippen LogP contribution in [0.4, 0.5) is 11.4 Å². The molecule has 1 N–H and O–H groups in total. The maximum Gasteiger partial charge on any atom is 0.306 e. The van der Waals surface area contributed by atoms with Gasteiger partial charge in [0.1, 0.15) is 5.54 Å². The highest BCUT2D eigenvalue weighted by Crippen LogP contribution is 2.36. The van der Waals surface area contributed by atoms with Crippen LogP contribution in [0.25, 0.3) is 0 Å². The van der Waals surface area contributed by atoms with Gasteiger partial charge in [-0.15, -0.1) is 0 Å². The number of anilines is 2. The van der Waals surface area contributed by atoms with Crippen molar-refractivity contribution in [1.82, 2.24) is 0 Å². The fourth-order valence-corrected chi connectivity index (χ4v) is 3.46. The molecule has 2 aromatic rings. The summed E-state index contributed by atoms with van der Waals surface area (Å²) in [5.74, 6) is -0.0949. The van der Waals surface area contributed by atoms with E-state index < -0.39 is 24.0 Å². The molecule has 0 bridgehead atoms. The average Bonchev–Trinajstić information content (AvgIpc) is 2.76. The lowest BCUT2D eigenvalue weighted by atomic mass is 9.96. The molecule has 0 unspecified atom stereocenters. The Morgan fingerprint density at radius 1 is 1.03 bits per heavy atom. The minimum Gasteiger partial charge on any atom is -0.493 e. The predicted molar refractivity (Wildman–Crippen MR) is 115 cm³/mol. The van der Waals surface area contributed by atoms with Crippen LogP contribution in [0.1, 0.15) is 25.8 Å². The average molecular weight is 426 g/mol. The number of amides is 2. The number of nitrogens with one attached hydrogen (secondary N) is 1. The number of ether oxygens (including phenoxy) is 3. The number of hydrogen-bond donors (Lipinski definition) is 1. The summed E-state index contributed by atoms with van der Waals surface area (Å²) in [6, 6.07) is 12.4. The number of fused-ring (bicyclic) bond motifs is 1. The first-order chi connectivity index (χ1) is 14.8. The zero-order valence-electron chi connectivity index (χ0n) is 18.1. The summed E-state index contributed by atoms with van der Waals surface area (Å²) in [5.41, 5.74) is 0.874. The van der Waals surface area contributed by atoms with Crippen molar-refractivity contribution < 1.29 is 28.6 Å². The highest BCUT2D eigenvalue weighted by Gasteiger charge is 2.43. The van der Waals surface area contributed by atoms with E-state index in [2.05, 4.69) is 5.32 Å². The normalized spacial score (nSPS) is 14.3. The van der Waals surface area contributed by atoms with E-state index in [1.54, 1.807) is 64.5 Å². The summed E-state index contributed by atoms with van der Waals surface area (Å²) in [6.45, 7) is 2.85. The van der Waals surface area contributed by atoms with Gasteiger partial charge in [-0.2, -0.15) is 0 Å². The van der Waals surface area contributed by atoms with Crippen molar-refractivity contribution in [2.45, 2.75) is 32.2 Å². The van der Waals surface area contributed by atoms with Crippen LogP contribution in [0, 0.1) is 0 Å². The first-order valence-corrected chi connectivity index (χ1v) is 9.88. The van der Waals surface area contributed by atoms with Gasteiger partial charge in [0, 0.05) is 6.42 Å². The first-order valence-electron chi connectivity index (χ1n) is 9.88. The van der Waals surface area contributed by atoms with Crippen LogP contribution in [0.5, 0.6) is 11.5 Å². The van der Waals surface area contributed by atoms with Crippen LogP contribution in [0.2, 0.25) is 0 Å². The second-order valence-electron chi connectivity index (χ2n) is 7.61. The molecule has 0 fully saturated rings. The molecule has 0 aromatic heterocycles. The minimum absolute atomic E-state index is 0.100. The molecule has 1 aliphatic heterocycles. The van der Waals surface area contributed by atoms with Gasteiger partial charge in [0.05, 0.1) is 25.6 Å². The first kappa shape index (κ1) is 22.1. The molecule has 2 aromatic carbocycles. The molecular weight excluding hydrogens is 400 g/mol. The molecule has 0 spiro atoms. The molecule has 0 saturated carbocycles. The molecule has 2 amide bonds. The van der Waals surface area contributed by atoms with Crippen molar-refractivity contribution in [3.8, 4) is 11.5 Å². The van der Waals surface area contributed by atoms with E-state index in [0.29, 0.717) is 29.3 Å². The number of carbonyl (C=O) groups excluding carboxylic acids is 3. The van der Waals surface area contributed by atoms with E-state index >= 15 is 0 Å². The van der Waals surface area contributed by atoms with Crippen LogP contribution < -0.4 is 19.7 Å². The van der Waals surface area contributed by atoms with E-state index in [1.807, 2.05) is 6.07 Å². The van der Waals surface area contributed by atoms with Gasteiger partial charge in [-0.25, -0.2) is 0 Å². The number of nitrogens with zero attached hydrogens (tertiary/aromatic N) is 1. The SMILES string of the molecule is COc1ccc(CCC(=O)OCC(=O)N2c3ccccc3NC(=O)C2(C)C)cc1OC. The monoisotopic (exact) mass is 426 g/mol. The molecule has 1 heterocycles. The quantitative estimate of drug-likeness (QED) is 0.684. The predicted octanol–water partition coefficient (Wildman–Crippen LogP) is 2.94. The van der Waals surface area contributed by atoms with Gasteiger partial charge >= 0.3 is 5.97 Å². The van der Waals surface area contributed by atoms with Gasteiger partial charge in [-0.1, -0.05) is 18.2 Å². The Morgan fingerprint density at radius 2 is 1.74 bits per heavy atom. The Morgan fingerprint density at radius 3 is 2.45 bits per heavy atom. The van der Waals surface area contributed by atoms with Crippen molar-refractivity contribution in [3.05, 3.63) is 48.0 Å². The molecule has 8 nitrogen and oxygen atoms in total. The summed E-state index contributed by atoms with van der Waals surface area (Å²) in [5, 5.41) is 2.80. The molecular formula is C23H26N2O6. The van der Waals surface area contributed by atoms with Gasteiger partial charge in [-0.05, 0) is 50.1 Å². The number of methoxy groups -OCH3 is 2. The third kappa shape index (κ3) is 4.63. The summed E-state index contributed by atoms with van der Waals surface area (Å²) >= 11 is 0. The van der Waals surface area contributed by atoms with E-state index in [-0.39, 0.29) is 12.3 Å². The van der Waals surface area contributed by atoms with Crippen LogP contribution in [-0.2, 0) is 25.5 Å². The Kier molecular flexibility index (Phi) is 6.48. The molecule has 3 rings (SSSR count). The Bertz CT molecular complexity index is 1000. The lowest BCUT2D eigenvalue weighted by molar-refractivity contribution is -0.148. The molecule has 8 heteroatoms. The zero-order valence-corrected chi connectivity index (χ0v) is 18.1. The van der Waals surface area contributed by atoms with Crippen molar-refractivity contribution in [2.24, 2.45) is 0 Å². The van der Waals surface area contributed by atoms with E-state index in [9.17, 15) is 14.4 Å². The Labute approximate surface area is 181 Å². The lowest BCUT2D eigenvalue weighted by Crippen LogP contribution is -2.59. The van der Waals surface area contributed by atoms with Gasteiger partial charge in [0.15, 0.2) is 18.1 Å². The minimum atomic E-state index is -1.11. The molecule has 0 saturated heterocycles. The second-order valence-corrected chi connectivity index (χ2v) is 7.61. The number of rotatable bonds is 7. The smallest absolute Gasteiger partial charge is 0.306 e. The summed E-state index contributed by atoms with van der Waals surface area (Å²) in [4.78, 5) is 39.0. The van der Waals surface area contributed by atoms with Crippen LogP contribution >= 0.6 is 0 Å².